The van der Waals surface area contributed by atoms with Crippen molar-refractivity contribution in [3.63, 3.8) is 0 Å². The van der Waals surface area contributed by atoms with E-state index in [1.807, 2.05) is 24.0 Å². The van der Waals surface area contributed by atoms with Gasteiger partial charge in [-0.05, 0) is 25.3 Å². The first kappa shape index (κ1) is 20.2. The number of nitrogens with zero attached hydrogens (tertiary/aromatic N) is 4. The number of benzene rings is 3. The smallest absolute Gasteiger partial charge is 0.0967 e. The van der Waals surface area contributed by atoms with Crippen molar-refractivity contribution in [1.29, 1.82) is 0 Å². The molecular weight excluding hydrogens is 394 g/mol. The van der Waals surface area contributed by atoms with Crippen LogP contribution in [0.15, 0.2) is 85.2 Å². The Morgan fingerprint density at radius 1 is 0.938 bits per heavy atom. The van der Waals surface area contributed by atoms with Crippen LogP contribution in [-0.2, 0) is 13.6 Å². The van der Waals surface area contributed by atoms with E-state index in [2.05, 4.69) is 102 Å². The van der Waals surface area contributed by atoms with E-state index in [0.29, 0.717) is 0 Å². The van der Waals surface area contributed by atoms with Gasteiger partial charge in [-0.1, -0.05) is 66.7 Å². The second-order valence-electron chi connectivity index (χ2n) is 8.24. The largest absolute Gasteiger partial charge is 0.306 e. The summed E-state index contributed by atoms with van der Waals surface area (Å²) >= 11 is 0. The van der Waals surface area contributed by atoms with Crippen molar-refractivity contribution in [2.75, 3.05) is 0 Å². The number of aromatic nitrogens is 4. The lowest BCUT2D eigenvalue weighted by Gasteiger charge is -2.15. The maximum Gasteiger partial charge on any atom is 0.0967 e. The van der Waals surface area contributed by atoms with Gasteiger partial charge < -0.3 is 5.32 Å². The molecule has 5 nitrogen and oxygen atoms in total. The quantitative estimate of drug-likeness (QED) is 0.389. The maximum atomic E-state index is 4.74. The van der Waals surface area contributed by atoms with E-state index in [1.54, 1.807) is 0 Å². The van der Waals surface area contributed by atoms with Crippen LogP contribution in [-0.4, -0.2) is 19.6 Å². The van der Waals surface area contributed by atoms with Gasteiger partial charge in [0.2, 0.25) is 0 Å². The molecule has 0 unspecified atom stereocenters. The number of hydrogen-bond acceptors (Lipinski definition) is 3. The molecule has 0 saturated heterocycles. The summed E-state index contributed by atoms with van der Waals surface area (Å²) in [5.41, 5.74) is 6.80. The number of rotatable bonds is 6. The van der Waals surface area contributed by atoms with Gasteiger partial charge in [0, 0.05) is 53.6 Å². The third-order valence-corrected chi connectivity index (χ3v) is 6.06. The molecule has 5 aromatic rings. The zero-order valence-electron chi connectivity index (χ0n) is 18.7. The molecule has 1 N–H and O–H groups in total. The SMILES string of the molecule is Cc1c([C@@H](C)NCc2cn(C)nc2-c2ccccc2)cnn1-c1cccc2ccccc12. The zero-order valence-corrected chi connectivity index (χ0v) is 18.7. The summed E-state index contributed by atoms with van der Waals surface area (Å²) in [5.74, 6) is 0. The van der Waals surface area contributed by atoms with Crippen molar-refractivity contribution < 1.29 is 0 Å². The van der Waals surface area contributed by atoms with E-state index >= 15 is 0 Å². The normalized spacial score (nSPS) is 12.3. The average molecular weight is 422 g/mol. The fourth-order valence-corrected chi connectivity index (χ4v) is 4.36. The highest BCUT2D eigenvalue weighted by atomic mass is 15.3. The molecule has 2 aromatic heterocycles. The van der Waals surface area contributed by atoms with Crippen LogP contribution in [0, 0.1) is 6.92 Å². The highest BCUT2D eigenvalue weighted by Gasteiger charge is 2.17. The van der Waals surface area contributed by atoms with Gasteiger partial charge in [-0.3, -0.25) is 4.68 Å². The van der Waals surface area contributed by atoms with Crippen molar-refractivity contribution in [1.82, 2.24) is 24.9 Å². The van der Waals surface area contributed by atoms with Gasteiger partial charge in [-0.25, -0.2) is 4.68 Å². The van der Waals surface area contributed by atoms with Gasteiger partial charge in [0.1, 0.15) is 0 Å². The minimum absolute atomic E-state index is 0.155. The number of nitrogens with one attached hydrogen (secondary N) is 1. The first-order chi connectivity index (χ1) is 15.6. The van der Waals surface area contributed by atoms with E-state index in [0.717, 1.165) is 29.2 Å². The average Bonchev–Trinajstić information content (AvgIpc) is 3.40. The van der Waals surface area contributed by atoms with Crippen LogP contribution in [0.2, 0.25) is 0 Å². The lowest BCUT2D eigenvalue weighted by atomic mass is 10.1. The van der Waals surface area contributed by atoms with Crippen LogP contribution in [0.1, 0.15) is 29.8 Å². The molecule has 1 atom stereocenters. The van der Waals surface area contributed by atoms with Crippen molar-refractivity contribution in [3.8, 4) is 16.9 Å². The van der Waals surface area contributed by atoms with E-state index in [-0.39, 0.29) is 6.04 Å². The van der Waals surface area contributed by atoms with Crippen molar-refractivity contribution in [2.24, 2.45) is 7.05 Å². The summed E-state index contributed by atoms with van der Waals surface area (Å²) in [6, 6.07) is 25.3. The van der Waals surface area contributed by atoms with Crippen LogP contribution in [0.5, 0.6) is 0 Å². The Morgan fingerprint density at radius 3 is 2.53 bits per heavy atom. The van der Waals surface area contributed by atoms with E-state index in [4.69, 9.17) is 5.10 Å². The summed E-state index contributed by atoms with van der Waals surface area (Å²) < 4.78 is 3.93. The predicted molar refractivity (Wildman–Crippen MR) is 130 cm³/mol. The van der Waals surface area contributed by atoms with Gasteiger partial charge in [0.05, 0.1) is 17.6 Å². The van der Waals surface area contributed by atoms with E-state index < -0.39 is 0 Å². The predicted octanol–water partition coefficient (Wildman–Crippen LogP) is 5.59. The lowest BCUT2D eigenvalue weighted by molar-refractivity contribution is 0.572. The summed E-state index contributed by atoms with van der Waals surface area (Å²) in [6.07, 6.45) is 4.07. The number of aryl methyl sites for hydroxylation is 1. The highest BCUT2D eigenvalue weighted by Crippen LogP contribution is 2.27. The molecule has 0 aliphatic carbocycles. The summed E-state index contributed by atoms with van der Waals surface area (Å²) in [6.45, 7) is 5.07. The Balaban J connectivity index is 1.39. The van der Waals surface area contributed by atoms with Gasteiger partial charge in [0.25, 0.3) is 0 Å². The maximum absolute atomic E-state index is 4.74. The second-order valence-corrected chi connectivity index (χ2v) is 8.24. The molecule has 0 saturated carbocycles. The fraction of sp³-hybridized carbons (Fsp3) is 0.185. The third kappa shape index (κ3) is 3.72. The van der Waals surface area contributed by atoms with E-state index in [9.17, 15) is 0 Å². The monoisotopic (exact) mass is 421 g/mol. The Kier molecular flexibility index (Phi) is 5.33. The fourth-order valence-electron chi connectivity index (χ4n) is 4.36. The number of hydrogen-bond donors (Lipinski definition) is 1. The Labute approximate surface area is 188 Å². The lowest BCUT2D eigenvalue weighted by Crippen LogP contribution is -2.19. The van der Waals surface area contributed by atoms with Crippen LogP contribution in [0.25, 0.3) is 27.7 Å². The highest BCUT2D eigenvalue weighted by molar-refractivity contribution is 5.90. The molecule has 3 aromatic carbocycles. The molecule has 0 spiro atoms. The third-order valence-electron chi connectivity index (χ3n) is 6.06. The molecule has 0 amide bonds. The van der Waals surface area contributed by atoms with Crippen LogP contribution >= 0.6 is 0 Å². The van der Waals surface area contributed by atoms with Crippen LogP contribution in [0.4, 0.5) is 0 Å². The molecular formula is C27H27N5. The topological polar surface area (TPSA) is 47.7 Å². The van der Waals surface area contributed by atoms with Gasteiger partial charge in [-0.2, -0.15) is 10.2 Å². The molecule has 32 heavy (non-hydrogen) atoms. The molecule has 2 heterocycles. The van der Waals surface area contributed by atoms with Gasteiger partial charge >= 0.3 is 0 Å². The molecule has 0 radical (unpaired) electrons. The Hall–Kier alpha value is -3.70. The van der Waals surface area contributed by atoms with Crippen molar-refractivity contribution in [2.45, 2.75) is 26.4 Å². The van der Waals surface area contributed by atoms with Crippen LogP contribution in [0.3, 0.4) is 0 Å². The molecule has 0 fully saturated rings. The standard InChI is InChI=1S/C27H27N5/c1-19(28-16-23-18-31(3)30-27(23)22-11-5-4-6-12-22)25-17-29-32(20(25)2)26-15-9-13-21-10-7-8-14-24(21)26/h4-15,17-19,28H,16H2,1-3H3/t19-/m1/s1. The van der Waals surface area contributed by atoms with Crippen molar-refractivity contribution in [3.05, 3.63) is 102 Å². The summed E-state index contributed by atoms with van der Waals surface area (Å²) in [4.78, 5) is 0. The van der Waals surface area contributed by atoms with Crippen molar-refractivity contribution >= 4 is 10.8 Å². The van der Waals surface area contributed by atoms with Crippen LogP contribution < -0.4 is 5.32 Å². The zero-order chi connectivity index (χ0) is 22.1. The van der Waals surface area contributed by atoms with E-state index in [1.165, 1.54) is 21.9 Å². The summed E-state index contributed by atoms with van der Waals surface area (Å²) in [5, 5.41) is 15.5. The Morgan fingerprint density at radius 2 is 1.69 bits per heavy atom. The molecule has 5 heteroatoms. The minimum atomic E-state index is 0.155. The van der Waals surface area contributed by atoms with Gasteiger partial charge in [0.15, 0.2) is 0 Å². The molecule has 0 bridgehead atoms. The van der Waals surface area contributed by atoms with Gasteiger partial charge in [-0.15, -0.1) is 0 Å². The molecule has 0 aliphatic rings. The Bertz CT molecular complexity index is 1360. The second kappa shape index (κ2) is 8.44. The minimum Gasteiger partial charge on any atom is -0.306 e. The molecule has 5 rings (SSSR count). The summed E-state index contributed by atoms with van der Waals surface area (Å²) in [7, 11) is 1.97. The molecule has 0 aliphatic heterocycles. The first-order valence-electron chi connectivity index (χ1n) is 11.0. The first-order valence-corrected chi connectivity index (χ1v) is 11.0. The number of fused-ring (bicyclic) bond motifs is 1. The molecule has 160 valence electrons.